The molecule has 3 unspecified atom stereocenters. The lowest BCUT2D eigenvalue weighted by molar-refractivity contribution is -0.0222. The van der Waals surface area contributed by atoms with Crippen molar-refractivity contribution in [3.63, 3.8) is 0 Å². The molecule has 0 saturated carbocycles. The molecule has 3 heteroatoms. The molecule has 1 aromatic carbocycles. The maximum absolute atomic E-state index is 6.18. The summed E-state index contributed by atoms with van der Waals surface area (Å²) in [7, 11) is 0. The van der Waals surface area contributed by atoms with E-state index in [0.29, 0.717) is 0 Å². The van der Waals surface area contributed by atoms with Gasteiger partial charge in [0.1, 0.15) is 0 Å². The number of ether oxygens (including phenoxy) is 1. The smallest absolute Gasteiger partial charge is 0.0979 e. The van der Waals surface area contributed by atoms with Gasteiger partial charge in [0.2, 0.25) is 0 Å². The van der Waals surface area contributed by atoms with Crippen LogP contribution in [0.3, 0.4) is 0 Å². The largest absolute Gasteiger partial charge is 0.369 e. The third kappa shape index (κ3) is 4.60. The van der Waals surface area contributed by atoms with Crippen LogP contribution in [0.5, 0.6) is 0 Å². The van der Waals surface area contributed by atoms with Crippen molar-refractivity contribution in [1.82, 2.24) is 0 Å². The van der Waals surface area contributed by atoms with E-state index in [-0.39, 0.29) is 18.2 Å². The Morgan fingerprint density at radius 1 is 1.33 bits per heavy atom. The predicted octanol–water partition coefficient (Wildman–Crippen LogP) is 4.32. The van der Waals surface area contributed by atoms with Gasteiger partial charge < -0.3 is 10.5 Å². The summed E-state index contributed by atoms with van der Waals surface area (Å²) in [5, 5.41) is 0.729. The van der Waals surface area contributed by atoms with E-state index in [1.54, 1.807) is 0 Å². The fourth-order valence-electron chi connectivity index (χ4n) is 2.05. The lowest BCUT2D eigenvalue weighted by atomic mass is 10.0. The number of halogens is 1. The van der Waals surface area contributed by atoms with Crippen molar-refractivity contribution in [2.75, 3.05) is 0 Å². The highest BCUT2D eigenvalue weighted by atomic mass is 35.5. The number of hydrogen-bond acceptors (Lipinski definition) is 2. The van der Waals surface area contributed by atoms with Crippen LogP contribution < -0.4 is 5.73 Å². The van der Waals surface area contributed by atoms with Gasteiger partial charge >= 0.3 is 0 Å². The van der Waals surface area contributed by atoms with Crippen molar-refractivity contribution in [3.05, 3.63) is 34.9 Å². The quantitative estimate of drug-likeness (QED) is 0.800. The summed E-state index contributed by atoms with van der Waals surface area (Å²) in [6.07, 6.45) is 3.20. The van der Waals surface area contributed by atoms with Gasteiger partial charge in [0.25, 0.3) is 0 Å². The third-order valence-electron chi connectivity index (χ3n) is 3.11. The Labute approximate surface area is 115 Å². The van der Waals surface area contributed by atoms with Gasteiger partial charge in [-0.3, -0.25) is 0 Å². The molecule has 1 aromatic rings. The van der Waals surface area contributed by atoms with E-state index < -0.39 is 0 Å². The minimum Gasteiger partial charge on any atom is -0.369 e. The third-order valence-corrected chi connectivity index (χ3v) is 3.35. The van der Waals surface area contributed by atoms with Gasteiger partial charge in [0, 0.05) is 11.1 Å². The van der Waals surface area contributed by atoms with Crippen molar-refractivity contribution in [3.8, 4) is 0 Å². The zero-order valence-corrected chi connectivity index (χ0v) is 12.3. The van der Waals surface area contributed by atoms with Crippen LogP contribution >= 0.6 is 11.6 Å². The topological polar surface area (TPSA) is 35.2 Å². The molecule has 2 nitrogen and oxygen atoms in total. The Morgan fingerprint density at radius 3 is 2.61 bits per heavy atom. The molecule has 0 aliphatic rings. The molecule has 0 aliphatic carbocycles. The minimum atomic E-state index is -0.0738. The Morgan fingerprint density at radius 2 is 2.06 bits per heavy atom. The van der Waals surface area contributed by atoms with Gasteiger partial charge in [-0.1, -0.05) is 44.0 Å². The number of hydrogen-bond donors (Lipinski definition) is 1. The van der Waals surface area contributed by atoms with Gasteiger partial charge in [-0.25, -0.2) is 0 Å². The van der Waals surface area contributed by atoms with Gasteiger partial charge in [-0.05, 0) is 37.5 Å². The van der Waals surface area contributed by atoms with E-state index in [1.165, 1.54) is 0 Å². The first kappa shape index (κ1) is 15.5. The number of benzene rings is 1. The van der Waals surface area contributed by atoms with Crippen molar-refractivity contribution >= 4 is 11.6 Å². The molecule has 0 bridgehead atoms. The fourth-order valence-corrected chi connectivity index (χ4v) is 2.25. The van der Waals surface area contributed by atoms with Crippen molar-refractivity contribution in [1.29, 1.82) is 0 Å². The molecule has 0 spiro atoms. The first-order valence-corrected chi connectivity index (χ1v) is 7.12. The van der Waals surface area contributed by atoms with E-state index in [9.17, 15) is 0 Å². The molecule has 0 aliphatic heterocycles. The molecule has 0 fully saturated rings. The first-order chi connectivity index (χ1) is 8.58. The molecule has 3 atom stereocenters. The van der Waals surface area contributed by atoms with E-state index in [0.717, 1.165) is 29.8 Å². The lowest BCUT2D eigenvalue weighted by Crippen LogP contribution is -2.31. The van der Waals surface area contributed by atoms with E-state index in [2.05, 4.69) is 20.8 Å². The van der Waals surface area contributed by atoms with Crippen LogP contribution in [0.15, 0.2) is 24.3 Å². The van der Waals surface area contributed by atoms with Crippen LogP contribution in [-0.2, 0) is 4.74 Å². The predicted molar refractivity (Wildman–Crippen MR) is 77.9 cm³/mol. The van der Waals surface area contributed by atoms with Crippen LogP contribution in [0, 0.1) is 0 Å². The molecule has 0 radical (unpaired) electrons. The van der Waals surface area contributed by atoms with E-state index in [4.69, 9.17) is 22.1 Å². The molecular weight excluding hydrogens is 246 g/mol. The second-order valence-electron chi connectivity index (χ2n) is 4.78. The minimum absolute atomic E-state index is 0.00257. The van der Waals surface area contributed by atoms with Crippen LogP contribution in [0.2, 0.25) is 5.02 Å². The van der Waals surface area contributed by atoms with Gasteiger partial charge in [-0.2, -0.15) is 0 Å². The average Bonchev–Trinajstić information content (AvgIpc) is 2.35. The molecule has 18 heavy (non-hydrogen) atoms. The normalized spacial score (nSPS) is 16.3. The molecular formula is C15H24ClNO. The fraction of sp³-hybridized carbons (Fsp3) is 0.600. The summed E-state index contributed by atoms with van der Waals surface area (Å²) in [4.78, 5) is 0. The summed E-state index contributed by atoms with van der Waals surface area (Å²) >= 11 is 6.04. The summed E-state index contributed by atoms with van der Waals surface area (Å²) in [5.74, 6) is 0. The van der Waals surface area contributed by atoms with Gasteiger partial charge in [-0.15, -0.1) is 0 Å². The lowest BCUT2D eigenvalue weighted by Gasteiger charge is -2.27. The zero-order valence-electron chi connectivity index (χ0n) is 11.5. The second kappa shape index (κ2) is 7.78. The van der Waals surface area contributed by atoms with E-state index in [1.807, 2.05) is 24.3 Å². The van der Waals surface area contributed by atoms with Gasteiger partial charge in [0.05, 0.1) is 12.2 Å². The highest BCUT2D eigenvalue weighted by molar-refractivity contribution is 6.30. The zero-order chi connectivity index (χ0) is 13.5. The standard InChI is InChI=1S/C15H24ClNO/c1-4-7-11(3)18-15(14(17)5-2)12-8-6-9-13(16)10-12/h6,8-11,14-15H,4-5,7,17H2,1-3H3. The Hall–Kier alpha value is -0.570. The Bertz CT molecular complexity index is 356. The van der Waals surface area contributed by atoms with Crippen LogP contribution in [-0.4, -0.2) is 12.1 Å². The monoisotopic (exact) mass is 269 g/mol. The number of rotatable bonds is 7. The maximum Gasteiger partial charge on any atom is 0.0979 e. The van der Waals surface area contributed by atoms with Crippen molar-refractivity contribution < 1.29 is 4.74 Å². The average molecular weight is 270 g/mol. The Kier molecular flexibility index (Phi) is 6.69. The summed E-state index contributed by atoms with van der Waals surface area (Å²) < 4.78 is 6.10. The Balaban J connectivity index is 2.84. The van der Waals surface area contributed by atoms with Gasteiger partial charge in [0.15, 0.2) is 0 Å². The SMILES string of the molecule is CCCC(C)OC(c1cccc(Cl)c1)C(N)CC. The van der Waals surface area contributed by atoms with Crippen LogP contribution in [0.1, 0.15) is 51.7 Å². The van der Waals surface area contributed by atoms with E-state index >= 15 is 0 Å². The summed E-state index contributed by atoms with van der Waals surface area (Å²) in [6.45, 7) is 6.34. The van der Waals surface area contributed by atoms with Crippen LogP contribution in [0.4, 0.5) is 0 Å². The highest BCUT2D eigenvalue weighted by Crippen LogP contribution is 2.26. The summed E-state index contributed by atoms with van der Waals surface area (Å²) in [5.41, 5.74) is 7.24. The molecule has 1 rings (SSSR count). The second-order valence-corrected chi connectivity index (χ2v) is 5.22. The highest BCUT2D eigenvalue weighted by Gasteiger charge is 2.21. The molecule has 0 saturated heterocycles. The first-order valence-electron chi connectivity index (χ1n) is 6.75. The van der Waals surface area contributed by atoms with Crippen LogP contribution in [0.25, 0.3) is 0 Å². The number of nitrogens with two attached hydrogens (primary N) is 1. The molecule has 0 heterocycles. The molecule has 2 N–H and O–H groups in total. The van der Waals surface area contributed by atoms with Crippen molar-refractivity contribution in [2.24, 2.45) is 5.73 Å². The van der Waals surface area contributed by atoms with Crippen molar-refractivity contribution in [2.45, 2.75) is 58.3 Å². The maximum atomic E-state index is 6.18. The summed E-state index contributed by atoms with van der Waals surface area (Å²) in [6, 6.07) is 7.80. The molecule has 0 aromatic heterocycles. The molecule has 0 amide bonds. The molecule has 102 valence electrons.